The number of hydrogen-bond acceptors (Lipinski definition) is 5. The highest BCUT2D eigenvalue weighted by Gasteiger charge is 2.40. The van der Waals surface area contributed by atoms with E-state index in [0.29, 0.717) is 5.69 Å². The molecule has 0 aromatic carbocycles. The van der Waals surface area contributed by atoms with E-state index in [0.717, 1.165) is 12.4 Å². The van der Waals surface area contributed by atoms with E-state index in [9.17, 15) is 0 Å². The summed E-state index contributed by atoms with van der Waals surface area (Å²) in [7, 11) is 6.34. The van der Waals surface area contributed by atoms with Crippen molar-refractivity contribution in [2.75, 3.05) is 32.6 Å². The summed E-state index contributed by atoms with van der Waals surface area (Å²) in [6, 6.07) is 3.74. The van der Waals surface area contributed by atoms with Gasteiger partial charge in [0.05, 0.1) is 12.3 Å². The van der Waals surface area contributed by atoms with E-state index in [-0.39, 0.29) is 12.1 Å². The largest absolute Gasteiger partial charge is 0.390 e. The quantitative estimate of drug-likeness (QED) is 0.841. The van der Waals surface area contributed by atoms with Crippen LogP contribution in [0.5, 0.6) is 0 Å². The van der Waals surface area contributed by atoms with Gasteiger partial charge in [0, 0.05) is 19.1 Å². The third-order valence-corrected chi connectivity index (χ3v) is 4.02. The zero-order chi connectivity index (χ0) is 13.2. The van der Waals surface area contributed by atoms with Crippen LogP contribution in [0.1, 0.15) is 25.0 Å². The molecule has 0 aliphatic heterocycles. The maximum Gasteiger partial charge on any atom is 0.151 e. The van der Waals surface area contributed by atoms with E-state index < -0.39 is 0 Å². The fraction of sp³-hybridized carbons (Fsp3) is 0.692. The molecular formula is C13H22N4O. The van der Waals surface area contributed by atoms with E-state index >= 15 is 0 Å². The molecule has 1 heterocycles. The molecule has 2 rings (SSSR count). The van der Waals surface area contributed by atoms with E-state index in [1.165, 1.54) is 19.3 Å². The van der Waals surface area contributed by atoms with Crippen molar-refractivity contribution in [1.82, 2.24) is 15.1 Å². The maximum atomic E-state index is 8.95. The second-order valence-electron chi connectivity index (χ2n) is 5.37. The van der Waals surface area contributed by atoms with Crippen LogP contribution < -0.4 is 4.90 Å². The van der Waals surface area contributed by atoms with Crippen molar-refractivity contribution in [3.63, 3.8) is 0 Å². The predicted octanol–water partition coefficient (Wildman–Crippen LogP) is 0.889. The second-order valence-corrected chi connectivity index (χ2v) is 5.37. The Bertz CT molecular complexity index is 386. The van der Waals surface area contributed by atoms with Crippen LogP contribution in [0.15, 0.2) is 12.1 Å². The average Bonchev–Trinajstić information content (AvgIpc) is 2.33. The molecule has 18 heavy (non-hydrogen) atoms. The van der Waals surface area contributed by atoms with Crippen LogP contribution in [0, 0.1) is 0 Å². The van der Waals surface area contributed by atoms with Crippen LogP contribution >= 0.6 is 0 Å². The van der Waals surface area contributed by atoms with Crippen molar-refractivity contribution in [3.8, 4) is 0 Å². The number of aliphatic hydroxyl groups is 1. The Morgan fingerprint density at radius 1 is 1.22 bits per heavy atom. The van der Waals surface area contributed by atoms with Crippen molar-refractivity contribution < 1.29 is 5.11 Å². The lowest BCUT2D eigenvalue weighted by Gasteiger charge is -2.49. The molecule has 0 atom stereocenters. The summed E-state index contributed by atoms with van der Waals surface area (Å²) in [4.78, 5) is 4.47. The summed E-state index contributed by atoms with van der Waals surface area (Å²) in [5.41, 5.74) is 0.893. The van der Waals surface area contributed by atoms with Gasteiger partial charge in [-0.25, -0.2) is 0 Å². The Hall–Kier alpha value is -1.20. The van der Waals surface area contributed by atoms with Crippen LogP contribution in [0.3, 0.4) is 0 Å². The third-order valence-electron chi connectivity index (χ3n) is 4.02. The molecule has 0 spiro atoms. The van der Waals surface area contributed by atoms with Crippen molar-refractivity contribution in [2.45, 2.75) is 31.4 Å². The first-order valence-electron chi connectivity index (χ1n) is 6.39. The monoisotopic (exact) mass is 250 g/mol. The molecule has 1 aliphatic rings. The minimum Gasteiger partial charge on any atom is -0.390 e. The van der Waals surface area contributed by atoms with E-state index in [2.05, 4.69) is 34.1 Å². The van der Waals surface area contributed by atoms with Gasteiger partial charge in [-0.1, -0.05) is 0 Å². The number of aliphatic hydroxyl groups excluding tert-OH is 1. The van der Waals surface area contributed by atoms with Crippen LogP contribution in [-0.4, -0.2) is 53.4 Å². The summed E-state index contributed by atoms with van der Waals surface area (Å²) in [5, 5.41) is 17.1. The number of aromatic nitrogens is 2. The lowest BCUT2D eigenvalue weighted by molar-refractivity contribution is 0.0681. The molecule has 1 N–H and O–H groups in total. The number of likely N-dealkylation sites (N-methyl/N-ethyl adjacent to an activating group) is 2. The van der Waals surface area contributed by atoms with Crippen molar-refractivity contribution in [3.05, 3.63) is 17.8 Å². The number of hydrogen-bond donors (Lipinski definition) is 1. The van der Waals surface area contributed by atoms with Crippen molar-refractivity contribution in [1.29, 1.82) is 0 Å². The smallest absolute Gasteiger partial charge is 0.151 e. The van der Waals surface area contributed by atoms with Gasteiger partial charge in [-0.15, -0.1) is 5.10 Å². The standard InChI is InChI=1S/C13H22N4O/c1-16(2)13(7-4-8-13)10-17(3)12-6-5-11(9-18)14-15-12/h5-6,18H,4,7-10H2,1-3H3. The van der Waals surface area contributed by atoms with Gasteiger partial charge in [-0.2, -0.15) is 5.10 Å². The lowest BCUT2D eigenvalue weighted by Crippen LogP contribution is -2.56. The molecule has 0 bridgehead atoms. The molecule has 1 fully saturated rings. The minimum absolute atomic E-state index is 0.0569. The van der Waals surface area contributed by atoms with Gasteiger partial charge >= 0.3 is 0 Å². The molecule has 0 radical (unpaired) electrons. The fourth-order valence-corrected chi connectivity index (χ4v) is 2.49. The zero-order valence-corrected chi connectivity index (χ0v) is 11.4. The third kappa shape index (κ3) is 2.47. The van der Waals surface area contributed by atoms with Crippen LogP contribution in [0.4, 0.5) is 5.82 Å². The molecule has 5 heteroatoms. The van der Waals surface area contributed by atoms with Gasteiger partial charge in [-0.3, -0.25) is 0 Å². The Labute approximate surface area is 108 Å². The lowest BCUT2D eigenvalue weighted by atomic mass is 9.75. The van der Waals surface area contributed by atoms with E-state index in [1.54, 1.807) is 0 Å². The van der Waals surface area contributed by atoms with Crippen LogP contribution in [-0.2, 0) is 6.61 Å². The maximum absolute atomic E-state index is 8.95. The van der Waals surface area contributed by atoms with Gasteiger partial charge < -0.3 is 14.9 Å². The molecule has 1 aromatic rings. The van der Waals surface area contributed by atoms with E-state index in [4.69, 9.17) is 5.11 Å². The molecule has 1 saturated carbocycles. The summed E-state index contributed by atoms with van der Waals surface area (Å²) in [5.74, 6) is 0.861. The second kappa shape index (κ2) is 5.20. The molecule has 0 saturated heterocycles. The SMILES string of the molecule is CN(CC1(N(C)C)CCC1)c1ccc(CO)nn1. The average molecular weight is 250 g/mol. The Kier molecular flexibility index (Phi) is 3.82. The Balaban J connectivity index is 2.04. The summed E-state index contributed by atoms with van der Waals surface area (Å²) in [6.07, 6.45) is 3.79. The van der Waals surface area contributed by atoms with Gasteiger partial charge in [0.2, 0.25) is 0 Å². The molecule has 0 unspecified atom stereocenters. The highest BCUT2D eigenvalue weighted by Crippen LogP contribution is 2.37. The van der Waals surface area contributed by atoms with Crippen LogP contribution in [0.2, 0.25) is 0 Å². The molecule has 5 nitrogen and oxygen atoms in total. The fourth-order valence-electron chi connectivity index (χ4n) is 2.49. The Morgan fingerprint density at radius 2 is 1.94 bits per heavy atom. The van der Waals surface area contributed by atoms with Gasteiger partial charge in [0.25, 0.3) is 0 Å². The normalized spacial score (nSPS) is 17.6. The molecular weight excluding hydrogens is 228 g/mol. The van der Waals surface area contributed by atoms with Gasteiger partial charge in [0.15, 0.2) is 5.82 Å². The van der Waals surface area contributed by atoms with Crippen molar-refractivity contribution >= 4 is 5.82 Å². The molecule has 0 amide bonds. The first-order chi connectivity index (χ1) is 8.57. The number of rotatable bonds is 5. The van der Waals surface area contributed by atoms with Gasteiger partial charge in [0.1, 0.15) is 0 Å². The number of nitrogens with zero attached hydrogens (tertiary/aromatic N) is 4. The highest BCUT2D eigenvalue weighted by atomic mass is 16.3. The molecule has 1 aromatic heterocycles. The highest BCUT2D eigenvalue weighted by molar-refractivity contribution is 5.37. The number of anilines is 1. The van der Waals surface area contributed by atoms with Crippen LogP contribution in [0.25, 0.3) is 0 Å². The predicted molar refractivity (Wildman–Crippen MR) is 71.5 cm³/mol. The zero-order valence-electron chi connectivity index (χ0n) is 11.4. The minimum atomic E-state index is -0.0569. The summed E-state index contributed by atoms with van der Waals surface area (Å²) in [6.45, 7) is 0.909. The van der Waals surface area contributed by atoms with Crippen molar-refractivity contribution in [2.24, 2.45) is 0 Å². The molecule has 100 valence electrons. The first-order valence-corrected chi connectivity index (χ1v) is 6.39. The Morgan fingerprint density at radius 3 is 2.33 bits per heavy atom. The van der Waals surface area contributed by atoms with Gasteiger partial charge in [-0.05, 0) is 45.5 Å². The summed E-state index contributed by atoms with van der Waals surface area (Å²) < 4.78 is 0. The summed E-state index contributed by atoms with van der Waals surface area (Å²) >= 11 is 0. The van der Waals surface area contributed by atoms with E-state index in [1.807, 2.05) is 19.2 Å². The topological polar surface area (TPSA) is 52.5 Å². The first kappa shape index (κ1) is 13.2. The molecule has 1 aliphatic carbocycles.